The molecule has 1 heterocycles. The third-order valence-corrected chi connectivity index (χ3v) is 3.98. The quantitative estimate of drug-likeness (QED) is 0.570. The number of morpholine rings is 1. The van der Waals surface area contributed by atoms with E-state index in [1.54, 1.807) is 0 Å². The molecule has 0 amide bonds. The van der Waals surface area contributed by atoms with Crippen molar-refractivity contribution in [3.8, 4) is 0 Å². The summed E-state index contributed by atoms with van der Waals surface area (Å²) >= 11 is 0. The van der Waals surface area contributed by atoms with Gasteiger partial charge in [0.25, 0.3) is 0 Å². The van der Waals surface area contributed by atoms with E-state index in [9.17, 15) is 0 Å². The third-order valence-electron chi connectivity index (χ3n) is 3.98. The lowest BCUT2D eigenvalue weighted by molar-refractivity contribution is 0.0389. The van der Waals surface area contributed by atoms with E-state index in [0.29, 0.717) is 0 Å². The van der Waals surface area contributed by atoms with Crippen molar-refractivity contribution in [3.63, 3.8) is 0 Å². The molecule has 2 rings (SSSR count). The molecule has 2 N–H and O–H groups in total. The Balaban J connectivity index is 1.61. The van der Waals surface area contributed by atoms with Gasteiger partial charge in [0.15, 0.2) is 5.96 Å². The standard InChI is InChI=1S/C17H29N5O/c1-18-17(20-9-11-22-12-14-23-15-13-22)19-8-10-21(2)16-6-4-3-5-7-16/h3-7H,8-15H2,1-2H3,(H2,18,19,20). The zero-order valence-corrected chi connectivity index (χ0v) is 14.3. The van der Waals surface area contributed by atoms with Crippen molar-refractivity contribution in [2.75, 3.05) is 71.5 Å². The molecule has 0 unspecified atom stereocenters. The minimum Gasteiger partial charge on any atom is -0.379 e. The van der Waals surface area contributed by atoms with Gasteiger partial charge in [-0.05, 0) is 12.1 Å². The van der Waals surface area contributed by atoms with Gasteiger partial charge in [0.1, 0.15) is 0 Å². The summed E-state index contributed by atoms with van der Waals surface area (Å²) in [5, 5.41) is 6.73. The lowest BCUT2D eigenvalue weighted by atomic mass is 10.3. The van der Waals surface area contributed by atoms with Crippen molar-refractivity contribution in [3.05, 3.63) is 30.3 Å². The van der Waals surface area contributed by atoms with Crippen LogP contribution in [0.15, 0.2) is 35.3 Å². The maximum absolute atomic E-state index is 5.36. The number of aliphatic imine (C=N–C) groups is 1. The van der Waals surface area contributed by atoms with Crippen LogP contribution in [-0.2, 0) is 4.74 Å². The van der Waals surface area contributed by atoms with Gasteiger partial charge in [-0.15, -0.1) is 0 Å². The molecule has 0 spiro atoms. The molecule has 0 radical (unpaired) electrons. The fraction of sp³-hybridized carbons (Fsp3) is 0.588. The molecule has 1 saturated heterocycles. The normalized spacial score (nSPS) is 16.2. The van der Waals surface area contributed by atoms with E-state index in [0.717, 1.165) is 58.4 Å². The van der Waals surface area contributed by atoms with Crippen LogP contribution in [0.25, 0.3) is 0 Å². The number of para-hydroxylation sites is 1. The number of likely N-dealkylation sites (N-methyl/N-ethyl adjacent to an activating group) is 1. The van der Waals surface area contributed by atoms with Crippen LogP contribution in [0.1, 0.15) is 0 Å². The SMILES string of the molecule is CN=C(NCCN1CCOCC1)NCCN(C)c1ccccc1. The fourth-order valence-corrected chi connectivity index (χ4v) is 2.53. The first-order valence-electron chi connectivity index (χ1n) is 8.30. The summed E-state index contributed by atoms with van der Waals surface area (Å²) in [7, 11) is 3.91. The Hall–Kier alpha value is -1.79. The molecule has 23 heavy (non-hydrogen) atoms. The summed E-state index contributed by atoms with van der Waals surface area (Å²) in [4.78, 5) is 8.91. The summed E-state index contributed by atoms with van der Waals surface area (Å²) in [5.74, 6) is 0.861. The number of hydrogen-bond donors (Lipinski definition) is 2. The summed E-state index contributed by atoms with van der Waals surface area (Å²) < 4.78 is 5.36. The topological polar surface area (TPSA) is 52.1 Å². The van der Waals surface area contributed by atoms with Crippen molar-refractivity contribution < 1.29 is 4.74 Å². The molecule has 1 aliphatic rings. The van der Waals surface area contributed by atoms with Gasteiger partial charge >= 0.3 is 0 Å². The van der Waals surface area contributed by atoms with Gasteiger partial charge in [0.05, 0.1) is 13.2 Å². The van der Waals surface area contributed by atoms with Gasteiger partial charge in [-0.1, -0.05) is 18.2 Å². The zero-order chi connectivity index (χ0) is 16.3. The number of hydrogen-bond acceptors (Lipinski definition) is 4. The van der Waals surface area contributed by atoms with Gasteiger partial charge in [0, 0.05) is 59.1 Å². The van der Waals surface area contributed by atoms with Crippen LogP contribution in [0.2, 0.25) is 0 Å². The summed E-state index contributed by atoms with van der Waals surface area (Å²) in [6, 6.07) is 10.4. The van der Waals surface area contributed by atoms with Gasteiger partial charge in [-0.2, -0.15) is 0 Å². The average Bonchev–Trinajstić information content (AvgIpc) is 2.62. The predicted octanol–water partition coefficient (Wildman–Crippen LogP) is 0.620. The number of nitrogens with one attached hydrogen (secondary N) is 2. The lowest BCUT2D eigenvalue weighted by Crippen LogP contribution is -2.45. The largest absolute Gasteiger partial charge is 0.379 e. The zero-order valence-electron chi connectivity index (χ0n) is 14.3. The highest BCUT2D eigenvalue weighted by atomic mass is 16.5. The monoisotopic (exact) mass is 319 g/mol. The molecular formula is C17H29N5O. The Kier molecular flexibility index (Phi) is 7.69. The van der Waals surface area contributed by atoms with Crippen LogP contribution in [-0.4, -0.2) is 77.4 Å². The van der Waals surface area contributed by atoms with E-state index >= 15 is 0 Å². The minimum absolute atomic E-state index is 0.846. The lowest BCUT2D eigenvalue weighted by Gasteiger charge is -2.27. The first-order chi connectivity index (χ1) is 11.3. The summed E-state index contributed by atoms with van der Waals surface area (Å²) in [6.45, 7) is 7.43. The number of ether oxygens (including phenoxy) is 1. The molecule has 1 fully saturated rings. The molecule has 0 atom stereocenters. The number of nitrogens with zero attached hydrogens (tertiary/aromatic N) is 3. The smallest absolute Gasteiger partial charge is 0.191 e. The predicted molar refractivity (Wildman–Crippen MR) is 96.3 cm³/mol. The second kappa shape index (κ2) is 10.1. The first-order valence-corrected chi connectivity index (χ1v) is 8.30. The molecule has 0 bridgehead atoms. The van der Waals surface area contributed by atoms with E-state index in [4.69, 9.17) is 4.74 Å². The molecule has 1 aromatic carbocycles. The maximum Gasteiger partial charge on any atom is 0.191 e. The molecule has 0 aromatic heterocycles. The molecule has 6 nitrogen and oxygen atoms in total. The molecule has 1 aromatic rings. The van der Waals surface area contributed by atoms with E-state index < -0.39 is 0 Å². The van der Waals surface area contributed by atoms with Crippen molar-refractivity contribution in [1.29, 1.82) is 0 Å². The van der Waals surface area contributed by atoms with Gasteiger partial charge in [-0.3, -0.25) is 9.89 Å². The van der Waals surface area contributed by atoms with Crippen LogP contribution < -0.4 is 15.5 Å². The Bertz CT molecular complexity index is 459. The first kappa shape index (κ1) is 17.6. The Morgan fingerprint density at radius 1 is 1.17 bits per heavy atom. The van der Waals surface area contributed by atoms with Crippen LogP contribution in [0.5, 0.6) is 0 Å². The van der Waals surface area contributed by atoms with Crippen molar-refractivity contribution >= 4 is 11.6 Å². The molecule has 0 aliphatic carbocycles. The van der Waals surface area contributed by atoms with E-state index in [-0.39, 0.29) is 0 Å². The Labute approximate surface area is 139 Å². The van der Waals surface area contributed by atoms with Crippen LogP contribution in [0, 0.1) is 0 Å². The maximum atomic E-state index is 5.36. The molecule has 6 heteroatoms. The second-order valence-electron chi connectivity index (χ2n) is 5.64. The highest BCUT2D eigenvalue weighted by Gasteiger charge is 2.09. The average molecular weight is 319 g/mol. The van der Waals surface area contributed by atoms with Crippen molar-refractivity contribution in [2.24, 2.45) is 4.99 Å². The van der Waals surface area contributed by atoms with Crippen molar-refractivity contribution in [1.82, 2.24) is 15.5 Å². The van der Waals surface area contributed by atoms with E-state index in [2.05, 4.69) is 56.7 Å². The van der Waals surface area contributed by atoms with E-state index in [1.807, 2.05) is 13.1 Å². The van der Waals surface area contributed by atoms with Gasteiger partial charge in [-0.25, -0.2) is 0 Å². The third kappa shape index (κ3) is 6.46. The second-order valence-corrected chi connectivity index (χ2v) is 5.64. The Morgan fingerprint density at radius 2 is 1.87 bits per heavy atom. The Morgan fingerprint density at radius 3 is 2.57 bits per heavy atom. The number of benzene rings is 1. The molecule has 128 valence electrons. The highest BCUT2D eigenvalue weighted by molar-refractivity contribution is 5.79. The fourth-order valence-electron chi connectivity index (χ4n) is 2.53. The minimum atomic E-state index is 0.846. The van der Waals surface area contributed by atoms with E-state index in [1.165, 1.54) is 5.69 Å². The molecular weight excluding hydrogens is 290 g/mol. The number of rotatable bonds is 7. The van der Waals surface area contributed by atoms with Crippen LogP contribution >= 0.6 is 0 Å². The molecule has 0 saturated carbocycles. The number of anilines is 1. The summed E-state index contributed by atoms with van der Waals surface area (Å²) in [6.07, 6.45) is 0. The number of guanidine groups is 1. The summed E-state index contributed by atoms with van der Waals surface area (Å²) in [5.41, 5.74) is 1.23. The molecule has 1 aliphatic heterocycles. The van der Waals surface area contributed by atoms with Crippen LogP contribution in [0.4, 0.5) is 5.69 Å². The van der Waals surface area contributed by atoms with Crippen LogP contribution in [0.3, 0.4) is 0 Å². The van der Waals surface area contributed by atoms with Gasteiger partial charge in [0.2, 0.25) is 0 Å². The van der Waals surface area contributed by atoms with Gasteiger partial charge < -0.3 is 20.3 Å². The highest BCUT2D eigenvalue weighted by Crippen LogP contribution is 2.09. The van der Waals surface area contributed by atoms with Crippen molar-refractivity contribution in [2.45, 2.75) is 0 Å².